The molecule has 3 aromatic rings. The second kappa shape index (κ2) is 4.47. The van der Waals surface area contributed by atoms with Crippen LogP contribution in [0, 0.1) is 11.8 Å². The fourth-order valence-electron chi connectivity index (χ4n) is 1.52. The van der Waals surface area contributed by atoms with E-state index in [1.165, 1.54) is 6.33 Å². The molecule has 0 aliphatic heterocycles. The van der Waals surface area contributed by atoms with Crippen molar-refractivity contribution >= 4 is 22.8 Å². The molecule has 1 N–H and O–H groups in total. The number of nitrogens with one attached hydrogen (secondary N) is 1. The SMILES string of the molecule is Clc1ccc(C#Cc2ncnc3nc[nH]c23)cc1. The quantitative estimate of drug-likeness (QED) is 0.627. The van der Waals surface area contributed by atoms with Gasteiger partial charge in [-0.25, -0.2) is 15.0 Å². The summed E-state index contributed by atoms with van der Waals surface area (Å²) >= 11 is 5.81. The van der Waals surface area contributed by atoms with Gasteiger partial charge in [-0.3, -0.25) is 0 Å². The predicted molar refractivity (Wildman–Crippen MR) is 69.1 cm³/mol. The number of hydrogen-bond donors (Lipinski definition) is 1. The third-order valence-electron chi connectivity index (χ3n) is 2.39. The Morgan fingerprint density at radius 2 is 1.83 bits per heavy atom. The molecule has 0 saturated carbocycles. The van der Waals surface area contributed by atoms with Crippen LogP contribution in [-0.2, 0) is 0 Å². The van der Waals surface area contributed by atoms with E-state index >= 15 is 0 Å². The molecule has 0 amide bonds. The average molecular weight is 255 g/mol. The number of hydrogen-bond acceptors (Lipinski definition) is 3. The zero-order valence-electron chi connectivity index (χ0n) is 9.18. The summed E-state index contributed by atoms with van der Waals surface area (Å²) < 4.78 is 0. The van der Waals surface area contributed by atoms with Gasteiger partial charge in [-0.05, 0) is 30.2 Å². The van der Waals surface area contributed by atoms with E-state index in [9.17, 15) is 0 Å². The van der Waals surface area contributed by atoms with Crippen molar-refractivity contribution in [1.29, 1.82) is 0 Å². The first-order chi connectivity index (χ1) is 8.83. The third kappa shape index (κ3) is 2.04. The molecule has 0 atom stereocenters. The second-order valence-electron chi connectivity index (χ2n) is 3.58. The van der Waals surface area contributed by atoms with Crippen molar-refractivity contribution in [3.05, 3.63) is 53.2 Å². The number of nitrogens with zero attached hydrogens (tertiary/aromatic N) is 3. The summed E-state index contributed by atoms with van der Waals surface area (Å²) in [5.41, 5.74) is 2.88. The first-order valence-corrected chi connectivity index (χ1v) is 5.62. The van der Waals surface area contributed by atoms with Crippen LogP contribution in [0.2, 0.25) is 5.02 Å². The molecular weight excluding hydrogens is 248 g/mol. The topological polar surface area (TPSA) is 54.5 Å². The van der Waals surface area contributed by atoms with Crippen LogP contribution in [0.1, 0.15) is 11.3 Å². The number of H-pyrrole nitrogens is 1. The summed E-state index contributed by atoms with van der Waals surface area (Å²) in [5.74, 6) is 6.02. The Labute approximate surface area is 108 Å². The fourth-order valence-corrected chi connectivity index (χ4v) is 1.65. The molecule has 0 radical (unpaired) electrons. The normalized spacial score (nSPS) is 10.1. The summed E-state index contributed by atoms with van der Waals surface area (Å²) in [5, 5.41) is 0.693. The van der Waals surface area contributed by atoms with Crippen LogP contribution in [-0.4, -0.2) is 19.9 Å². The summed E-state index contributed by atoms with van der Waals surface area (Å²) in [6.45, 7) is 0. The first-order valence-electron chi connectivity index (χ1n) is 5.24. The van der Waals surface area contributed by atoms with E-state index in [1.807, 2.05) is 12.1 Å². The lowest BCUT2D eigenvalue weighted by Gasteiger charge is -1.92. The van der Waals surface area contributed by atoms with Gasteiger partial charge in [0.1, 0.15) is 17.5 Å². The molecule has 4 nitrogen and oxygen atoms in total. The van der Waals surface area contributed by atoms with Gasteiger partial charge in [-0.15, -0.1) is 0 Å². The largest absolute Gasteiger partial charge is 0.341 e. The lowest BCUT2D eigenvalue weighted by atomic mass is 10.2. The minimum atomic E-state index is 0.616. The van der Waals surface area contributed by atoms with Crippen LogP contribution < -0.4 is 0 Å². The zero-order valence-corrected chi connectivity index (χ0v) is 9.94. The first kappa shape index (κ1) is 10.8. The van der Waals surface area contributed by atoms with Crippen molar-refractivity contribution in [2.75, 3.05) is 0 Å². The van der Waals surface area contributed by atoms with E-state index in [0.29, 0.717) is 16.4 Å². The molecule has 86 valence electrons. The van der Waals surface area contributed by atoms with Crippen LogP contribution in [0.4, 0.5) is 0 Å². The standard InChI is InChI=1S/C13H7ClN4/c14-10-4-1-9(2-5-10)3-6-11-12-13(17-7-15-11)18-8-16-12/h1-2,4-5,7-8H,(H,15,16,17,18). The molecule has 18 heavy (non-hydrogen) atoms. The van der Waals surface area contributed by atoms with Gasteiger partial charge < -0.3 is 4.98 Å². The van der Waals surface area contributed by atoms with Crippen molar-refractivity contribution in [1.82, 2.24) is 19.9 Å². The highest BCUT2D eigenvalue weighted by atomic mass is 35.5. The molecular formula is C13H7ClN4. The van der Waals surface area contributed by atoms with Crippen LogP contribution in [0.25, 0.3) is 11.2 Å². The Morgan fingerprint density at radius 3 is 2.67 bits per heavy atom. The van der Waals surface area contributed by atoms with Gasteiger partial charge in [0.05, 0.1) is 6.33 Å². The molecule has 3 rings (SSSR count). The zero-order chi connectivity index (χ0) is 12.4. The fraction of sp³-hybridized carbons (Fsp3) is 0. The Bertz CT molecular complexity index is 750. The minimum absolute atomic E-state index is 0.616. The number of aromatic amines is 1. The molecule has 2 aromatic heterocycles. The van der Waals surface area contributed by atoms with E-state index in [4.69, 9.17) is 11.6 Å². The van der Waals surface area contributed by atoms with Gasteiger partial charge in [0.2, 0.25) is 0 Å². The summed E-state index contributed by atoms with van der Waals surface area (Å²) in [4.78, 5) is 15.2. The highest BCUT2D eigenvalue weighted by molar-refractivity contribution is 6.30. The van der Waals surface area contributed by atoms with Crippen LogP contribution in [0.15, 0.2) is 36.9 Å². The Kier molecular flexibility index (Phi) is 2.67. The van der Waals surface area contributed by atoms with E-state index in [-0.39, 0.29) is 0 Å². The molecule has 5 heteroatoms. The van der Waals surface area contributed by atoms with E-state index < -0.39 is 0 Å². The van der Waals surface area contributed by atoms with Crippen LogP contribution in [0.3, 0.4) is 0 Å². The van der Waals surface area contributed by atoms with Gasteiger partial charge in [-0.1, -0.05) is 17.5 Å². The number of halogens is 1. The lowest BCUT2D eigenvalue weighted by molar-refractivity contribution is 1.18. The maximum Gasteiger partial charge on any atom is 0.181 e. The van der Waals surface area contributed by atoms with Crippen LogP contribution in [0.5, 0.6) is 0 Å². The highest BCUT2D eigenvalue weighted by Gasteiger charge is 2.01. The number of rotatable bonds is 0. The Hall–Kier alpha value is -2.38. The maximum atomic E-state index is 5.81. The molecule has 0 aliphatic rings. The number of imidazole rings is 1. The number of benzene rings is 1. The molecule has 0 aliphatic carbocycles. The van der Waals surface area contributed by atoms with E-state index in [1.54, 1.807) is 18.5 Å². The van der Waals surface area contributed by atoms with Crippen LogP contribution >= 0.6 is 11.6 Å². The smallest absolute Gasteiger partial charge is 0.181 e. The molecule has 0 unspecified atom stereocenters. The minimum Gasteiger partial charge on any atom is -0.341 e. The van der Waals surface area contributed by atoms with E-state index in [2.05, 4.69) is 31.8 Å². The van der Waals surface area contributed by atoms with Gasteiger partial charge in [0.25, 0.3) is 0 Å². The van der Waals surface area contributed by atoms with Gasteiger partial charge in [0.15, 0.2) is 5.65 Å². The van der Waals surface area contributed by atoms with Crippen molar-refractivity contribution < 1.29 is 0 Å². The Morgan fingerprint density at radius 1 is 1.00 bits per heavy atom. The van der Waals surface area contributed by atoms with Crippen molar-refractivity contribution in [2.45, 2.75) is 0 Å². The summed E-state index contributed by atoms with van der Waals surface area (Å²) in [6.07, 6.45) is 3.03. The third-order valence-corrected chi connectivity index (χ3v) is 2.64. The Balaban J connectivity index is 2.02. The number of fused-ring (bicyclic) bond motifs is 1. The predicted octanol–water partition coefficient (Wildman–Crippen LogP) is 2.41. The lowest BCUT2D eigenvalue weighted by Crippen LogP contribution is -1.87. The average Bonchev–Trinajstić information content (AvgIpc) is 2.87. The van der Waals surface area contributed by atoms with Gasteiger partial charge >= 0.3 is 0 Å². The molecule has 2 heterocycles. The van der Waals surface area contributed by atoms with Crippen molar-refractivity contribution in [2.24, 2.45) is 0 Å². The van der Waals surface area contributed by atoms with E-state index in [0.717, 1.165) is 11.1 Å². The molecule has 0 fully saturated rings. The second-order valence-corrected chi connectivity index (χ2v) is 4.02. The summed E-state index contributed by atoms with van der Waals surface area (Å²) in [7, 11) is 0. The molecule has 0 saturated heterocycles. The molecule has 0 spiro atoms. The van der Waals surface area contributed by atoms with Gasteiger partial charge in [0, 0.05) is 10.6 Å². The van der Waals surface area contributed by atoms with Crippen molar-refractivity contribution in [3.8, 4) is 11.8 Å². The molecule has 0 bridgehead atoms. The van der Waals surface area contributed by atoms with Crippen molar-refractivity contribution in [3.63, 3.8) is 0 Å². The van der Waals surface area contributed by atoms with Gasteiger partial charge in [-0.2, -0.15) is 0 Å². The highest BCUT2D eigenvalue weighted by Crippen LogP contribution is 2.10. The monoisotopic (exact) mass is 254 g/mol. The maximum absolute atomic E-state index is 5.81. The molecule has 1 aromatic carbocycles. The number of aromatic nitrogens is 4. The summed E-state index contributed by atoms with van der Waals surface area (Å²) in [6, 6.07) is 7.33.